The van der Waals surface area contributed by atoms with Gasteiger partial charge in [-0.25, -0.2) is 9.78 Å². The number of carbonyl (C=O) groups is 2. The van der Waals surface area contributed by atoms with Crippen LogP contribution in [0, 0.1) is 0 Å². The van der Waals surface area contributed by atoms with E-state index in [-0.39, 0.29) is 5.75 Å². The van der Waals surface area contributed by atoms with Gasteiger partial charge >= 0.3 is 12.2 Å². The average molecular weight is 379 g/mol. The number of aromatic amines is 1. The number of halogens is 3. The molecule has 0 bridgehead atoms. The molecule has 130 valence electrons. The molecule has 0 aliphatic carbocycles. The number of imide groups is 1. The van der Waals surface area contributed by atoms with Crippen LogP contribution in [0.5, 0.6) is 0 Å². The van der Waals surface area contributed by atoms with Gasteiger partial charge in [-0.15, -0.1) is 16.4 Å². The first-order chi connectivity index (χ1) is 11.3. The number of nitrogens with one attached hydrogen (secondary N) is 3. The maximum Gasteiger partial charge on any atom is 0.405 e. The number of aromatic nitrogens is 3. The summed E-state index contributed by atoms with van der Waals surface area (Å²) >= 11 is 2.54. The summed E-state index contributed by atoms with van der Waals surface area (Å²) in [4.78, 5) is 27.9. The zero-order chi connectivity index (χ0) is 17.6. The number of amides is 3. The van der Waals surface area contributed by atoms with Crippen LogP contribution in [0.1, 0.15) is 10.7 Å². The molecule has 7 nitrogen and oxygen atoms in total. The predicted octanol–water partition coefficient (Wildman–Crippen LogP) is 1.94. The maximum atomic E-state index is 11.9. The Kier molecular flexibility index (Phi) is 6.20. The number of urea groups is 1. The summed E-state index contributed by atoms with van der Waals surface area (Å²) < 4.78 is 35.7. The molecule has 3 amide bonds. The normalized spacial score (nSPS) is 11.3. The third kappa shape index (κ3) is 6.58. The minimum absolute atomic E-state index is 0.199. The number of thiophene rings is 1. The Bertz CT molecular complexity index is 687. The van der Waals surface area contributed by atoms with E-state index < -0.39 is 24.7 Å². The van der Waals surface area contributed by atoms with Crippen molar-refractivity contribution in [3.05, 3.63) is 28.2 Å². The Morgan fingerprint density at radius 2 is 2.17 bits per heavy atom. The van der Waals surface area contributed by atoms with E-state index in [2.05, 4.69) is 15.2 Å². The molecule has 24 heavy (non-hydrogen) atoms. The molecule has 2 rings (SSSR count). The first kappa shape index (κ1) is 18.3. The molecule has 0 aliphatic heterocycles. The van der Waals surface area contributed by atoms with Gasteiger partial charge in [0.15, 0.2) is 0 Å². The molecule has 12 heteroatoms. The van der Waals surface area contributed by atoms with Crippen molar-refractivity contribution < 1.29 is 22.8 Å². The van der Waals surface area contributed by atoms with Gasteiger partial charge in [-0.05, 0) is 11.4 Å². The molecule has 0 spiro atoms. The third-order valence-electron chi connectivity index (χ3n) is 2.47. The van der Waals surface area contributed by atoms with E-state index in [9.17, 15) is 22.8 Å². The summed E-state index contributed by atoms with van der Waals surface area (Å²) in [5.41, 5.74) is 0. The van der Waals surface area contributed by atoms with Gasteiger partial charge in [0.05, 0.1) is 5.75 Å². The molecule has 0 atom stereocenters. The van der Waals surface area contributed by atoms with E-state index in [1.807, 2.05) is 17.5 Å². The topological polar surface area (TPSA) is 99.8 Å². The van der Waals surface area contributed by atoms with Gasteiger partial charge in [-0.1, -0.05) is 17.8 Å². The number of rotatable bonds is 6. The Morgan fingerprint density at radius 3 is 2.83 bits per heavy atom. The molecule has 0 radical (unpaired) electrons. The lowest BCUT2D eigenvalue weighted by molar-refractivity contribution is -0.124. The molecule has 0 saturated heterocycles. The standard InChI is InChI=1S/C12H12F3N5O2S2/c13-12(14,15)6-16-10(22)18-9(21)5-24-11-17-8(19-20-11)4-7-2-1-3-23-7/h1-3H,4-6H2,(H,17,19,20)(H2,16,18,21,22). The van der Waals surface area contributed by atoms with Crippen molar-refractivity contribution in [2.75, 3.05) is 12.3 Å². The second-order valence-corrected chi connectivity index (χ2v) is 6.43. The number of carbonyl (C=O) groups excluding carboxylic acids is 2. The Balaban J connectivity index is 1.72. The van der Waals surface area contributed by atoms with E-state index in [1.165, 1.54) is 5.32 Å². The summed E-state index contributed by atoms with van der Waals surface area (Å²) in [6, 6.07) is 2.67. The van der Waals surface area contributed by atoms with Crippen LogP contribution in [-0.2, 0) is 11.2 Å². The highest BCUT2D eigenvalue weighted by atomic mass is 32.2. The van der Waals surface area contributed by atoms with Crippen molar-refractivity contribution >= 4 is 35.0 Å². The number of alkyl halides is 3. The summed E-state index contributed by atoms with van der Waals surface area (Å²) in [5.74, 6) is -0.317. The number of nitrogens with zero attached hydrogens (tertiary/aromatic N) is 2. The van der Waals surface area contributed by atoms with Gasteiger partial charge < -0.3 is 5.32 Å². The Labute approximate surface area is 142 Å². The van der Waals surface area contributed by atoms with E-state index in [0.717, 1.165) is 16.6 Å². The lowest BCUT2D eigenvalue weighted by Gasteiger charge is -2.08. The zero-order valence-electron chi connectivity index (χ0n) is 12.0. The SMILES string of the molecule is O=C(CSc1n[nH]c(Cc2cccs2)n1)NC(=O)NCC(F)(F)F. The molecule has 0 saturated carbocycles. The van der Waals surface area contributed by atoms with Crippen molar-refractivity contribution in [3.8, 4) is 0 Å². The van der Waals surface area contributed by atoms with Crippen LogP contribution >= 0.6 is 23.1 Å². The highest BCUT2D eigenvalue weighted by Crippen LogP contribution is 2.16. The molecule has 0 fully saturated rings. The molecular weight excluding hydrogens is 367 g/mol. The van der Waals surface area contributed by atoms with E-state index >= 15 is 0 Å². The van der Waals surface area contributed by atoms with Crippen molar-refractivity contribution in [3.63, 3.8) is 0 Å². The molecule has 3 N–H and O–H groups in total. The Morgan fingerprint density at radius 1 is 1.38 bits per heavy atom. The smallest absolute Gasteiger partial charge is 0.329 e. The molecule has 0 aliphatic rings. The summed E-state index contributed by atoms with van der Waals surface area (Å²) in [5, 5.41) is 12.2. The monoisotopic (exact) mass is 379 g/mol. The Hall–Kier alpha value is -2.08. The van der Waals surface area contributed by atoms with Crippen LogP contribution in [-0.4, -0.2) is 45.6 Å². The van der Waals surface area contributed by atoms with Gasteiger partial charge in [0.2, 0.25) is 11.1 Å². The highest BCUT2D eigenvalue weighted by Gasteiger charge is 2.27. The van der Waals surface area contributed by atoms with Crippen LogP contribution in [0.15, 0.2) is 22.7 Å². The van der Waals surface area contributed by atoms with Crippen molar-refractivity contribution in [1.82, 2.24) is 25.8 Å². The molecule has 0 unspecified atom stereocenters. The van der Waals surface area contributed by atoms with Gasteiger partial charge in [0.25, 0.3) is 0 Å². The van der Waals surface area contributed by atoms with E-state index in [1.54, 1.807) is 16.7 Å². The van der Waals surface area contributed by atoms with Crippen LogP contribution < -0.4 is 10.6 Å². The van der Waals surface area contributed by atoms with E-state index in [4.69, 9.17) is 0 Å². The van der Waals surface area contributed by atoms with E-state index in [0.29, 0.717) is 17.4 Å². The fourth-order valence-corrected chi connectivity index (χ4v) is 2.84. The van der Waals surface area contributed by atoms with Crippen LogP contribution in [0.4, 0.5) is 18.0 Å². The number of hydrogen-bond acceptors (Lipinski definition) is 6. The second-order valence-electron chi connectivity index (χ2n) is 4.46. The largest absolute Gasteiger partial charge is 0.405 e. The predicted molar refractivity (Wildman–Crippen MR) is 81.8 cm³/mol. The van der Waals surface area contributed by atoms with Crippen molar-refractivity contribution in [2.24, 2.45) is 0 Å². The number of thioether (sulfide) groups is 1. The third-order valence-corrected chi connectivity index (χ3v) is 4.19. The first-order valence-electron chi connectivity index (χ1n) is 6.53. The first-order valence-corrected chi connectivity index (χ1v) is 8.39. The van der Waals surface area contributed by atoms with Gasteiger partial charge in [0, 0.05) is 11.3 Å². The lowest BCUT2D eigenvalue weighted by Crippen LogP contribution is -2.43. The molecule has 2 aromatic rings. The van der Waals surface area contributed by atoms with Gasteiger partial charge in [-0.2, -0.15) is 13.2 Å². The summed E-state index contributed by atoms with van der Waals surface area (Å²) in [6.45, 7) is -1.51. The molecular formula is C12H12F3N5O2S2. The zero-order valence-corrected chi connectivity index (χ0v) is 13.6. The number of H-pyrrole nitrogens is 1. The average Bonchev–Trinajstić information content (AvgIpc) is 3.15. The second kappa shape index (κ2) is 8.15. The fraction of sp³-hybridized carbons (Fsp3) is 0.333. The van der Waals surface area contributed by atoms with Crippen molar-refractivity contribution in [1.29, 1.82) is 0 Å². The molecule has 2 aromatic heterocycles. The van der Waals surface area contributed by atoms with Gasteiger partial charge in [-0.3, -0.25) is 15.2 Å². The lowest BCUT2D eigenvalue weighted by atomic mass is 10.3. The molecule has 2 heterocycles. The summed E-state index contributed by atoms with van der Waals surface area (Å²) in [6.07, 6.45) is -3.95. The van der Waals surface area contributed by atoms with Crippen LogP contribution in [0.2, 0.25) is 0 Å². The van der Waals surface area contributed by atoms with Crippen LogP contribution in [0.3, 0.4) is 0 Å². The maximum absolute atomic E-state index is 11.9. The quantitative estimate of drug-likeness (QED) is 0.666. The highest BCUT2D eigenvalue weighted by molar-refractivity contribution is 7.99. The fourth-order valence-electron chi connectivity index (χ4n) is 1.52. The minimum Gasteiger partial charge on any atom is -0.329 e. The number of hydrogen-bond donors (Lipinski definition) is 3. The molecule has 0 aromatic carbocycles. The van der Waals surface area contributed by atoms with Gasteiger partial charge in [0.1, 0.15) is 12.4 Å². The minimum atomic E-state index is -4.53. The van der Waals surface area contributed by atoms with Crippen LogP contribution in [0.25, 0.3) is 0 Å². The summed E-state index contributed by atoms with van der Waals surface area (Å²) in [7, 11) is 0. The van der Waals surface area contributed by atoms with Crippen molar-refractivity contribution in [2.45, 2.75) is 17.8 Å².